The maximum Gasteiger partial charge on any atom is 0.163 e. The predicted molar refractivity (Wildman–Crippen MR) is 69.4 cm³/mol. The van der Waals surface area contributed by atoms with Crippen LogP contribution in [0.2, 0.25) is 0 Å². The van der Waals surface area contributed by atoms with Gasteiger partial charge in [-0.1, -0.05) is 19.1 Å². The van der Waals surface area contributed by atoms with Crippen molar-refractivity contribution in [3.63, 3.8) is 0 Å². The molecule has 0 aliphatic rings. The summed E-state index contributed by atoms with van der Waals surface area (Å²) in [5.41, 5.74) is 6.21. The summed E-state index contributed by atoms with van der Waals surface area (Å²) in [6.45, 7) is 2.82. The number of hydrogen-bond acceptors (Lipinski definition) is 3. The Hall–Kier alpha value is -1.35. The SMILES string of the molecule is COc1cccc(C(=O)CCC(C)CCN)c1. The zero-order valence-corrected chi connectivity index (χ0v) is 10.6. The Morgan fingerprint density at radius 2 is 2.18 bits per heavy atom. The average molecular weight is 235 g/mol. The quantitative estimate of drug-likeness (QED) is 0.739. The Balaban J connectivity index is 2.51. The minimum absolute atomic E-state index is 0.174. The molecule has 0 aliphatic carbocycles. The van der Waals surface area contributed by atoms with Crippen molar-refractivity contribution in [1.82, 2.24) is 0 Å². The second kappa shape index (κ2) is 7.07. The molecule has 3 heteroatoms. The van der Waals surface area contributed by atoms with E-state index < -0.39 is 0 Å². The largest absolute Gasteiger partial charge is 0.497 e. The van der Waals surface area contributed by atoms with Gasteiger partial charge in [0.05, 0.1) is 7.11 Å². The zero-order chi connectivity index (χ0) is 12.7. The van der Waals surface area contributed by atoms with Crippen LogP contribution in [0, 0.1) is 5.92 Å². The minimum Gasteiger partial charge on any atom is -0.497 e. The number of rotatable bonds is 7. The second-order valence-corrected chi connectivity index (χ2v) is 4.38. The molecule has 94 valence electrons. The van der Waals surface area contributed by atoms with Crippen molar-refractivity contribution >= 4 is 5.78 Å². The predicted octanol–water partition coefficient (Wildman–Crippen LogP) is 2.64. The molecule has 1 aromatic rings. The number of ether oxygens (including phenoxy) is 1. The number of nitrogens with two attached hydrogens (primary N) is 1. The number of carbonyl (C=O) groups is 1. The number of ketones is 1. The second-order valence-electron chi connectivity index (χ2n) is 4.38. The molecule has 0 spiro atoms. The highest BCUT2D eigenvalue weighted by Crippen LogP contribution is 2.17. The molecule has 0 fully saturated rings. The number of methoxy groups -OCH3 is 1. The number of hydrogen-bond donors (Lipinski definition) is 1. The van der Waals surface area contributed by atoms with Crippen molar-refractivity contribution < 1.29 is 9.53 Å². The Labute approximate surface area is 103 Å². The molecule has 0 saturated carbocycles. The van der Waals surface area contributed by atoms with Gasteiger partial charge in [-0.05, 0) is 37.4 Å². The lowest BCUT2D eigenvalue weighted by molar-refractivity contribution is 0.0973. The van der Waals surface area contributed by atoms with Gasteiger partial charge in [-0.2, -0.15) is 0 Å². The van der Waals surface area contributed by atoms with E-state index in [0.717, 1.165) is 24.2 Å². The van der Waals surface area contributed by atoms with Crippen molar-refractivity contribution in [2.75, 3.05) is 13.7 Å². The summed E-state index contributed by atoms with van der Waals surface area (Å²) in [6.07, 6.45) is 2.45. The van der Waals surface area contributed by atoms with E-state index in [0.29, 0.717) is 18.9 Å². The zero-order valence-electron chi connectivity index (χ0n) is 10.6. The maximum absolute atomic E-state index is 11.9. The Bertz CT molecular complexity index is 363. The van der Waals surface area contributed by atoms with Crippen LogP contribution in [0.15, 0.2) is 24.3 Å². The fourth-order valence-electron chi connectivity index (χ4n) is 1.75. The van der Waals surface area contributed by atoms with Gasteiger partial charge in [0.25, 0.3) is 0 Å². The molecule has 1 aromatic carbocycles. The molecule has 1 unspecified atom stereocenters. The maximum atomic E-state index is 11.9. The van der Waals surface area contributed by atoms with E-state index in [1.807, 2.05) is 18.2 Å². The van der Waals surface area contributed by atoms with Gasteiger partial charge in [0.2, 0.25) is 0 Å². The molecule has 0 aromatic heterocycles. The van der Waals surface area contributed by atoms with Crippen LogP contribution in [0.1, 0.15) is 36.5 Å². The van der Waals surface area contributed by atoms with Gasteiger partial charge >= 0.3 is 0 Å². The van der Waals surface area contributed by atoms with Crippen LogP contribution in [-0.2, 0) is 0 Å². The summed E-state index contributed by atoms with van der Waals surface area (Å²) in [4.78, 5) is 11.9. The van der Waals surface area contributed by atoms with E-state index in [2.05, 4.69) is 6.92 Å². The third-order valence-corrected chi connectivity index (χ3v) is 2.92. The standard InChI is InChI=1S/C14H21NO2/c1-11(8-9-15)6-7-14(16)12-4-3-5-13(10-12)17-2/h3-5,10-11H,6-9,15H2,1-2H3. The van der Waals surface area contributed by atoms with Gasteiger partial charge in [-0.3, -0.25) is 4.79 Å². The molecule has 1 rings (SSSR count). The first-order valence-corrected chi connectivity index (χ1v) is 6.04. The van der Waals surface area contributed by atoms with Crippen molar-refractivity contribution in [3.05, 3.63) is 29.8 Å². The lowest BCUT2D eigenvalue weighted by atomic mass is 9.97. The molecule has 17 heavy (non-hydrogen) atoms. The molecule has 0 bridgehead atoms. The number of carbonyl (C=O) groups excluding carboxylic acids is 1. The van der Waals surface area contributed by atoms with Crippen LogP contribution in [0.4, 0.5) is 0 Å². The summed E-state index contributed by atoms with van der Waals surface area (Å²) in [7, 11) is 1.60. The van der Waals surface area contributed by atoms with Gasteiger partial charge < -0.3 is 10.5 Å². The smallest absolute Gasteiger partial charge is 0.163 e. The average Bonchev–Trinajstić information content (AvgIpc) is 2.36. The van der Waals surface area contributed by atoms with Crippen LogP contribution < -0.4 is 10.5 Å². The first-order chi connectivity index (χ1) is 8.17. The Morgan fingerprint density at radius 3 is 2.82 bits per heavy atom. The summed E-state index contributed by atoms with van der Waals surface area (Å²) in [6, 6.07) is 7.30. The van der Waals surface area contributed by atoms with E-state index in [4.69, 9.17) is 10.5 Å². The highest BCUT2D eigenvalue weighted by molar-refractivity contribution is 5.96. The summed E-state index contributed by atoms with van der Waals surface area (Å²) >= 11 is 0. The summed E-state index contributed by atoms with van der Waals surface area (Å²) < 4.78 is 5.10. The Morgan fingerprint density at radius 1 is 1.41 bits per heavy atom. The molecular weight excluding hydrogens is 214 g/mol. The van der Waals surface area contributed by atoms with E-state index in [-0.39, 0.29) is 5.78 Å². The fourth-order valence-corrected chi connectivity index (χ4v) is 1.75. The van der Waals surface area contributed by atoms with Crippen molar-refractivity contribution in [2.45, 2.75) is 26.2 Å². The van der Waals surface area contributed by atoms with Crippen LogP contribution >= 0.6 is 0 Å². The highest BCUT2D eigenvalue weighted by atomic mass is 16.5. The summed E-state index contributed by atoms with van der Waals surface area (Å²) in [5.74, 6) is 1.41. The van der Waals surface area contributed by atoms with E-state index in [1.165, 1.54) is 0 Å². The minimum atomic E-state index is 0.174. The molecule has 0 saturated heterocycles. The third kappa shape index (κ3) is 4.57. The van der Waals surface area contributed by atoms with E-state index in [1.54, 1.807) is 13.2 Å². The Kier molecular flexibility index (Phi) is 5.70. The molecule has 1 atom stereocenters. The van der Waals surface area contributed by atoms with E-state index >= 15 is 0 Å². The van der Waals surface area contributed by atoms with Gasteiger partial charge in [-0.25, -0.2) is 0 Å². The molecular formula is C14H21NO2. The van der Waals surface area contributed by atoms with E-state index in [9.17, 15) is 4.79 Å². The van der Waals surface area contributed by atoms with Crippen LogP contribution in [0.3, 0.4) is 0 Å². The first-order valence-electron chi connectivity index (χ1n) is 6.04. The van der Waals surface area contributed by atoms with Crippen molar-refractivity contribution in [3.8, 4) is 5.75 Å². The van der Waals surface area contributed by atoms with Crippen molar-refractivity contribution in [2.24, 2.45) is 11.7 Å². The van der Waals surface area contributed by atoms with Gasteiger partial charge in [0.1, 0.15) is 5.75 Å². The lowest BCUT2D eigenvalue weighted by Gasteiger charge is -2.09. The van der Waals surface area contributed by atoms with Gasteiger partial charge in [-0.15, -0.1) is 0 Å². The number of Topliss-reactive ketones (excluding diaryl/α,β-unsaturated/α-hetero) is 1. The first kappa shape index (κ1) is 13.7. The lowest BCUT2D eigenvalue weighted by Crippen LogP contribution is -2.08. The monoisotopic (exact) mass is 235 g/mol. The molecule has 0 heterocycles. The van der Waals surface area contributed by atoms with Crippen LogP contribution in [-0.4, -0.2) is 19.4 Å². The van der Waals surface area contributed by atoms with Crippen LogP contribution in [0.5, 0.6) is 5.75 Å². The molecule has 0 amide bonds. The topological polar surface area (TPSA) is 52.3 Å². The molecule has 0 aliphatic heterocycles. The summed E-state index contributed by atoms with van der Waals surface area (Å²) in [5, 5.41) is 0. The van der Waals surface area contributed by atoms with Crippen LogP contribution in [0.25, 0.3) is 0 Å². The fraction of sp³-hybridized carbons (Fsp3) is 0.500. The molecule has 2 N–H and O–H groups in total. The van der Waals surface area contributed by atoms with Gasteiger partial charge in [0.15, 0.2) is 5.78 Å². The number of benzene rings is 1. The van der Waals surface area contributed by atoms with Gasteiger partial charge in [0, 0.05) is 12.0 Å². The van der Waals surface area contributed by atoms with Crippen molar-refractivity contribution in [1.29, 1.82) is 0 Å². The third-order valence-electron chi connectivity index (χ3n) is 2.92. The normalized spacial score (nSPS) is 12.2. The molecule has 3 nitrogen and oxygen atoms in total. The molecule has 0 radical (unpaired) electrons. The highest BCUT2D eigenvalue weighted by Gasteiger charge is 2.09.